The van der Waals surface area contributed by atoms with Crippen LogP contribution in [0.3, 0.4) is 0 Å². The lowest BCUT2D eigenvalue weighted by Crippen LogP contribution is -2.52. The number of imide groups is 1. The van der Waals surface area contributed by atoms with Gasteiger partial charge in [0.2, 0.25) is 11.8 Å². The molecule has 3 heterocycles. The molecule has 1 N–H and O–H groups in total. The summed E-state index contributed by atoms with van der Waals surface area (Å²) in [5, 5.41) is 2.30. The topological polar surface area (TPSA) is 96.0 Å². The molecule has 2 unspecified atom stereocenters. The number of piperidine rings is 1. The van der Waals surface area contributed by atoms with Gasteiger partial charge in [-0.15, -0.1) is 0 Å². The predicted molar refractivity (Wildman–Crippen MR) is 118 cm³/mol. The van der Waals surface area contributed by atoms with Crippen LogP contribution in [0.25, 0.3) is 0 Å². The van der Waals surface area contributed by atoms with Gasteiger partial charge in [-0.25, -0.2) is 0 Å². The Morgan fingerprint density at radius 1 is 1.03 bits per heavy atom. The van der Waals surface area contributed by atoms with Crippen LogP contribution in [0.4, 0.5) is 0 Å². The number of rotatable bonds is 5. The van der Waals surface area contributed by atoms with Crippen molar-refractivity contribution in [3.05, 3.63) is 65.2 Å². The third-order valence-electron chi connectivity index (χ3n) is 6.70. The second-order valence-corrected chi connectivity index (χ2v) is 8.71. The predicted octanol–water partition coefficient (Wildman–Crippen LogP) is 1.84. The largest absolute Gasteiger partial charge is 0.483 e. The molecule has 2 aromatic carbocycles. The molecule has 2 atom stereocenters. The molecule has 170 valence electrons. The van der Waals surface area contributed by atoms with Gasteiger partial charge in [0.25, 0.3) is 11.8 Å². The zero-order valence-electron chi connectivity index (χ0n) is 18.2. The van der Waals surface area contributed by atoms with Crippen LogP contribution in [0.5, 0.6) is 5.75 Å². The second kappa shape index (κ2) is 8.69. The fourth-order valence-electron chi connectivity index (χ4n) is 4.91. The molecule has 33 heavy (non-hydrogen) atoms. The number of carbonyl (C=O) groups excluding carboxylic acids is 4. The molecule has 2 saturated heterocycles. The van der Waals surface area contributed by atoms with Gasteiger partial charge in [-0.1, -0.05) is 36.4 Å². The van der Waals surface area contributed by atoms with E-state index in [4.69, 9.17) is 4.74 Å². The summed E-state index contributed by atoms with van der Waals surface area (Å²) >= 11 is 0. The van der Waals surface area contributed by atoms with Crippen LogP contribution < -0.4 is 10.1 Å². The molecule has 2 fully saturated rings. The van der Waals surface area contributed by atoms with E-state index in [9.17, 15) is 19.2 Å². The van der Waals surface area contributed by atoms with E-state index in [0.717, 1.165) is 6.42 Å². The van der Waals surface area contributed by atoms with E-state index in [-0.39, 0.29) is 37.3 Å². The summed E-state index contributed by atoms with van der Waals surface area (Å²) in [6, 6.07) is 14.7. The highest BCUT2D eigenvalue weighted by molar-refractivity contribution is 6.05. The van der Waals surface area contributed by atoms with Gasteiger partial charge in [0.05, 0.1) is 6.54 Å². The molecule has 0 saturated carbocycles. The monoisotopic (exact) mass is 447 g/mol. The maximum Gasteiger partial charge on any atom is 0.260 e. The van der Waals surface area contributed by atoms with Crippen LogP contribution in [-0.2, 0) is 20.9 Å². The minimum absolute atomic E-state index is 0.0858. The molecule has 8 nitrogen and oxygen atoms in total. The lowest BCUT2D eigenvalue weighted by molar-refractivity contribution is -0.137. The SMILES string of the molecule is O=C1CCC(N2Cc3c(OCC(=O)N4CCC(c5ccccc5)C4)cccc3C2=O)C(=O)N1. The van der Waals surface area contributed by atoms with Crippen molar-refractivity contribution >= 4 is 23.6 Å². The minimum Gasteiger partial charge on any atom is -0.483 e. The number of carbonyl (C=O) groups is 4. The molecule has 0 aromatic heterocycles. The summed E-state index contributed by atoms with van der Waals surface area (Å²) < 4.78 is 5.87. The van der Waals surface area contributed by atoms with Gasteiger partial charge >= 0.3 is 0 Å². The summed E-state index contributed by atoms with van der Waals surface area (Å²) in [5.74, 6) is -0.316. The van der Waals surface area contributed by atoms with Crippen LogP contribution >= 0.6 is 0 Å². The summed E-state index contributed by atoms with van der Waals surface area (Å²) in [6.07, 6.45) is 1.43. The van der Waals surface area contributed by atoms with E-state index < -0.39 is 11.9 Å². The van der Waals surface area contributed by atoms with Crippen molar-refractivity contribution in [1.82, 2.24) is 15.1 Å². The van der Waals surface area contributed by atoms with Crippen molar-refractivity contribution < 1.29 is 23.9 Å². The Balaban J connectivity index is 1.23. The van der Waals surface area contributed by atoms with Gasteiger partial charge in [0, 0.05) is 36.6 Å². The fraction of sp³-hybridized carbons (Fsp3) is 0.360. The van der Waals surface area contributed by atoms with Gasteiger partial charge in [0.15, 0.2) is 6.61 Å². The van der Waals surface area contributed by atoms with E-state index in [2.05, 4.69) is 17.4 Å². The number of fused-ring (bicyclic) bond motifs is 1. The van der Waals surface area contributed by atoms with Crippen molar-refractivity contribution in [3.63, 3.8) is 0 Å². The number of likely N-dealkylation sites (tertiary alicyclic amines) is 1. The fourth-order valence-corrected chi connectivity index (χ4v) is 4.91. The molecular formula is C25H25N3O5. The molecule has 4 amide bonds. The molecule has 3 aliphatic heterocycles. The van der Waals surface area contributed by atoms with Crippen LogP contribution in [0.1, 0.15) is 46.7 Å². The molecule has 8 heteroatoms. The number of hydrogen-bond acceptors (Lipinski definition) is 5. The van der Waals surface area contributed by atoms with Crippen LogP contribution in [0.2, 0.25) is 0 Å². The molecule has 5 rings (SSSR count). The van der Waals surface area contributed by atoms with Gasteiger partial charge < -0.3 is 14.5 Å². The highest BCUT2D eigenvalue weighted by Crippen LogP contribution is 2.34. The number of amides is 4. The summed E-state index contributed by atoms with van der Waals surface area (Å²) in [4.78, 5) is 52.7. The Morgan fingerprint density at radius 3 is 2.64 bits per heavy atom. The quantitative estimate of drug-likeness (QED) is 0.706. The molecular weight excluding hydrogens is 422 g/mol. The minimum atomic E-state index is -0.684. The van der Waals surface area contributed by atoms with Gasteiger partial charge in [-0.2, -0.15) is 0 Å². The van der Waals surface area contributed by atoms with E-state index >= 15 is 0 Å². The lowest BCUT2D eigenvalue weighted by atomic mass is 9.99. The van der Waals surface area contributed by atoms with E-state index in [1.54, 1.807) is 18.2 Å². The Labute approximate surface area is 191 Å². The molecule has 0 bridgehead atoms. The average Bonchev–Trinajstić information content (AvgIpc) is 3.44. The first kappa shape index (κ1) is 21.2. The number of benzene rings is 2. The Morgan fingerprint density at radius 2 is 1.85 bits per heavy atom. The van der Waals surface area contributed by atoms with Gasteiger partial charge in [-0.05, 0) is 30.5 Å². The number of ether oxygens (including phenoxy) is 1. The van der Waals surface area contributed by atoms with Crippen molar-refractivity contribution in [2.45, 2.75) is 37.8 Å². The molecule has 3 aliphatic rings. The average molecular weight is 447 g/mol. The first-order valence-corrected chi connectivity index (χ1v) is 11.2. The lowest BCUT2D eigenvalue weighted by Gasteiger charge is -2.29. The van der Waals surface area contributed by atoms with Crippen LogP contribution in [-0.4, -0.2) is 59.2 Å². The highest BCUT2D eigenvalue weighted by atomic mass is 16.5. The summed E-state index contributed by atoms with van der Waals surface area (Å²) in [5.41, 5.74) is 2.38. The maximum absolute atomic E-state index is 12.9. The zero-order valence-corrected chi connectivity index (χ0v) is 18.2. The second-order valence-electron chi connectivity index (χ2n) is 8.71. The first-order valence-electron chi connectivity index (χ1n) is 11.2. The first-order chi connectivity index (χ1) is 16.0. The maximum atomic E-state index is 12.9. The van der Waals surface area contributed by atoms with E-state index in [0.29, 0.717) is 42.3 Å². The number of nitrogens with zero attached hydrogens (tertiary/aromatic N) is 2. The van der Waals surface area contributed by atoms with Crippen LogP contribution in [0.15, 0.2) is 48.5 Å². The normalized spacial score (nSPS) is 22.4. The zero-order chi connectivity index (χ0) is 22.9. The Bertz CT molecular complexity index is 1120. The van der Waals surface area contributed by atoms with Gasteiger partial charge in [-0.3, -0.25) is 24.5 Å². The molecule has 2 aromatic rings. The number of hydrogen-bond donors (Lipinski definition) is 1. The van der Waals surface area contributed by atoms with Crippen LogP contribution in [0, 0.1) is 0 Å². The Kier molecular flexibility index (Phi) is 5.58. The standard InChI is InChI=1S/C25H25N3O5/c29-22-10-9-20(24(31)26-22)28-14-19-18(25(28)32)7-4-8-21(19)33-15-23(30)27-12-11-17(13-27)16-5-2-1-3-6-16/h1-8,17,20H,9-15H2,(H,26,29,31). The van der Waals surface area contributed by atoms with E-state index in [1.807, 2.05) is 23.1 Å². The molecule has 0 spiro atoms. The summed E-state index contributed by atoms with van der Waals surface area (Å²) in [7, 11) is 0. The third kappa shape index (κ3) is 4.08. The number of nitrogens with one attached hydrogen (secondary N) is 1. The third-order valence-corrected chi connectivity index (χ3v) is 6.70. The van der Waals surface area contributed by atoms with Crippen molar-refractivity contribution in [2.24, 2.45) is 0 Å². The van der Waals surface area contributed by atoms with Gasteiger partial charge in [0.1, 0.15) is 11.8 Å². The highest BCUT2D eigenvalue weighted by Gasteiger charge is 2.40. The van der Waals surface area contributed by atoms with Crippen molar-refractivity contribution in [2.75, 3.05) is 19.7 Å². The Hall–Kier alpha value is -3.68. The van der Waals surface area contributed by atoms with Crippen molar-refractivity contribution in [1.29, 1.82) is 0 Å². The van der Waals surface area contributed by atoms with Crippen molar-refractivity contribution in [3.8, 4) is 5.75 Å². The summed E-state index contributed by atoms with van der Waals surface area (Å²) in [6.45, 7) is 1.46. The molecule has 0 aliphatic carbocycles. The molecule has 0 radical (unpaired) electrons. The van der Waals surface area contributed by atoms with E-state index in [1.165, 1.54) is 10.5 Å². The smallest absolute Gasteiger partial charge is 0.260 e.